The normalized spacial score (nSPS) is 11.6. The van der Waals surface area contributed by atoms with Crippen LogP contribution in [0.1, 0.15) is 41.6 Å². The van der Waals surface area contributed by atoms with Crippen molar-refractivity contribution in [1.29, 1.82) is 0 Å². The lowest BCUT2D eigenvalue weighted by Gasteiger charge is -2.08. The first-order valence-electron chi connectivity index (χ1n) is 7.73. The van der Waals surface area contributed by atoms with Gasteiger partial charge in [0.25, 0.3) is 0 Å². The molecule has 0 aliphatic rings. The van der Waals surface area contributed by atoms with Crippen molar-refractivity contribution >= 4 is 33.3 Å². The molecule has 25 heavy (non-hydrogen) atoms. The molecule has 0 atom stereocenters. The van der Waals surface area contributed by atoms with Gasteiger partial charge in [-0.15, -0.1) is 0 Å². The molecule has 0 aliphatic heterocycles. The first-order chi connectivity index (χ1) is 11.6. The topological polar surface area (TPSA) is 89.0 Å². The van der Waals surface area contributed by atoms with Gasteiger partial charge < -0.3 is 0 Å². The Kier molecular flexibility index (Phi) is 6.18. The summed E-state index contributed by atoms with van der Waals surface area (Å²) in [6.07, 6.45) is 1.08. The Labute approximate surface area is 152 Å². The molecule has 1 heterocycles. The monoisotopic (exact) mass is 379 g/mol. The largest absolute Gasteiger partial charge is 0.293 e. The predicted molar refractivity (Wildman–Crippen MR) is 101 cm³/mol. The highest BCUT2D eigenvalue weighted by molar-refractivity contribution is 7.99. The van der Waals surface area contributed by atoms with E-state index in [0.29, 0.717) is 11.3 Å². The van der Waals surface area contributed by atoms with E-state index in [-0.39, 0.29) is 17.5 Å². The van der Waals surface area contributed by atoms with Crippen molar-refractivity contribution in [2.45, 2.75) is 31.7 Å². The fraction of sp³-hybridized carbons (Fsp3) is 0.353. The molecule has 1 aromatic carbocycles. The second-order valence-corrected chi connectivity index (χ2v) is 8.77. The lowest BCUT2D eigenvalue weighted by atomic mass is 10.1. The van der Waals surface area contributed by atoms with E-state index in [9.17, 15) is 13.2 Å². The highest BCUT2D eigenvalue weighted by Crippen LogP contribution is 2.21. The Morgan fingerprint density at radius 1 is 1.20 bits per heavy atom. The van der Waals surface area contributed by atoms with Crippen molar-refractivity contribution in [2.24, 2.45) is 0 Å². The Hall–Kier alpha value is -1.93. The fourth-order valence-corrected chi connectivity index (χ4v) is 3.48. The summed E-state index contributed by atoms with van der Waals surface area (Å²) in [4.78, 5) is 21.2. The molecule has 8 heteroatoms. The molecule has 6 nitrogen and oxygen atoms in total. The molecule has 0 amide bonds. The van der Waals surface area contributed by atoms with E-state index in [1.807, 2.05) is 26.8 Å². The molecule has 0 fully saturated rings. The molecule has 1 N–H and O–H groups in total. The highest BCUT2D eigenvalue weighted by Gasteiger charge is 2.11. The van der Waals surface area contributed by atoms with Crippen LogP contribution in [0.4, 0.5) is 5.69 Å². The zero-order chi connectivity index (χ0) is 18.6. The lowest BCUT2D eigenvalue weighted by Crippen LogP contribution is -2.10. The van der Waals surface area contributed by atoms with Crippen LogP contribution in [0, 0.1) is 6.92 Å². The number of nitrogens with zero attached hydrogens (tertiary/aromatic N) is 2. The van der Waals surface area contributed by atoms with Crippen molar-refractivity contribution in [3.05, 3.63) is 47.4 Å². The van der Waals surface area contributed by atoms with Gasteiger partial charge in [0.1, 0.15) is 10.9 Å². The third kappa shape index (κ3) is 6.13. The van der Waals surface area contributed by atoms with Crippen molar-refractivity contribution < 1.29 is 13.2 Å². The predicted octanol–water partition coefficient (Wildman–Crippen LogP) is 3.25. The summed E-state index contributed by atoms with van der Waals surface area (Å²) in [5.41, 5.74) is 1.84. The number of hydrogen-bond donors (Lipinski definition) is 1. The van der Waals surface area contributed by atoms with E-state index < -0.39 is 10.0 Å². The summed E-state index contributed by atoms with van der Waals surface area (Å²) in [6, 6.07) is 8.24. The Balaban J connectivity index is 2.03. The maximum Gasteiger partial charge on any atom is 0.229 e. The van der Waals surface area contributed by atoms with E-state index in [1.54, 1.807) is 24.3 Å². The van der Waals surface area contributed by atoms with Crippen molar-refractivity contribution in [3.63, 3.8) is 0 Å². The molecule has 0 saturated carbocycles. The smallest absolute Gasteiger partial charge is 0.229 e. The summed E-state index contributed by atoms with van der Waals surface area (Å²) in [5, 5.41) is 0.778. The molecule has 0 spiro atoms. The molecule has 0 unspecified atom stereocenters. The van der Waals surface area contributed by atoms with Gasteiger partial charge in [0.2, 0.25) is 10.0 Å². The number of benzene rings is 1. The molecule has 2 aromatic rings. The third-order valence-electron chi connectivity index (χ3n) is 3.23. The maximum atomic E-state index is 12.3. The number of nitrogens with one attached hydrogen (secondary N) is 1. The summed E-state index contributed by atoms with van der Waals surface area (Å²) >= 11 is 1.37. The number of carbonyl (C=O) groups excluding carboxylic acids is 1. The number of rotatable bonds is 7. The molecule has 1 aromatic heterocycles. The average molecular weight is 380 g/mol. The van der Waals surface area contributed by atoms with E-state index >= 15 is 0 Å². The van der Waals surface area contributed by atoms with Crippen molar-refractivity contribution in [2.75, 3.05) is 16.7 Å². The minimum absolute atomic E-state index is 0.0433. The van der Waals surface area contributed by atoms with Gasteiger partial charge in [0, 0.05) is 22.9 Å². The van der Waals surface area contributed by atoms with Crippen LogP contribution in [-0.2, 0) is 10.0 Å². The zero-order valence-electron chi connectivity index (χ0n) is 14.6. The molecule has 2 rings (SSSR count). The average Bonchev–Trinajstić information content (AvgIpc) is 2.51. The molecule has 134 valence electrons. The number of Topliss-reactive ketones (excluding diaryl/α,β-unsaturated/α-hetero) is 1. The quantitative estimate of drug-likeness (QED) is 0.451. The molecule has 0 aliphatic carbocycles. The SMILES string of the molecule is Cc1cc(SCC(=O)c2ccc(NS(C)(=O)=O)cc2)nc(C(C)C)n1. The van der Waals surface area contributed by atoms with Gasteiger partial charge in [-0.3, -0.25) is 9.52 Å². The maximum absolute atomic E-state index is 12.3. The van der Waals surface area contributed by atoms with Crippen molar-refractivity contribution in [1.82, 2.24) is 9.97 Å². The summed E-state index contributed by atoms with van der Waals surface area (Å²) in [7, 11) is -3.33. The first-order valence-corrected chi connectivity index (χ1v) is 10.6. The van der Waals surface area contributed by atoms with E-state index in [0.717, 1.165) is 22.8 Å². The van der Waals surface area contributed by atoms with Crippen LogP contribution in [0.25, 0.3) is 0 Å². The summed E-state index contributed by atoms with van der Waals surface area (Å²) < 4.78 is 24.7. The van der Waals surface area contributed by atoms with Crippen LogP contribution in [0.15, 0.2) is 35.4 Å². The minimum atomic E-state index is -3.33. The van der Waals surface area contributed by atoms with Gasteiger partial charge in [-0.1, -0.05) is 25.6 Å². The minimum Gasteiger partial charge on any atom is -0.293 e. The molecular formula is C17H21N3O3S2. The number of carbonyl (C=O) groups is 1. The number of aryl methyl sites for hydroxylation is 1. The van der Waals surface area contributed by atoms with Gasteiger partial charge in [-0.25, -0.2) is 18.4 Å². The second kappa shape index (κ2) is 7.97. The first kappa shape index (κ1) is 19.4. The van der Waals surface area contributed by atoms with Gasteiger partial charge in [-0.05, 0) is 37.3 Å². The number of ketones is 1. The molecule has 0 bridgehead atoms. The van der Waals surface area contributed by atoms with Crippen LogP contribution < -0.4 is 4.72 Å². The van der Waals surface area contributed by atoms with Crippen LogP contribution in [0.5, 0.6) is 0 Å². The highest BCUT2D eigenvalue weighted by atomic mass is 32.2. The number of aromatic nitrogens is 2. The standard InChI is InChI=1S/C17H21N3O3S2/c1-11(2)17-18-12(3)9-16(19-17)24-10-15(21)13-5-7-14(8-6-13)20-25(4,22)23/h5-9,11,20H,10H2,1-4H3. The zero-order valence-corrected chi connectivity index (χ0v) is 16.2. The molecular weight excluding hydrogens is 358 g/mol. The Morgan fingerprint density at radius 2 is 1.84 bits per heavy atom. The fourth-order valence-electron chi connectivity index (χ4n) is 2.06. The number of anilines is 1. The molecule has 0 radical (unpaired) electrons. The van der Waals surface area contributed by atoms with Crippen molar-refractivity contribution in [3.8, 4) is 0 Å². The van der Waals surface area contributed by atoms with Gasteiger partial charge in [0.05, 0.1) is 12.0 Å². The lowest BCUT2D eigenvalue weighted by molar-refractivity contribution is 0.102. The summed E-state index contributed by atoms with van der Waals surface area (Å²) in [5.74, 6) is 1.21. The van der Waals surface area contributed by atoms with E-state index in [4.69, 9.17) is 0 Å². The van der Waals surface area contributed by atoms with Crippen LogP contribution in [0.2, 0.25) is 0 Å². The van der Waals surface area contributed by atoms with Crippen LogP contribution >= 0.6 is 11.8 Å². The Bertz CT molecular complexity index is 863. The third-order valence-corrected chi connectivity index (χ3v) is 4.74. The van der Waals surface area contributed by atoms with Gasteiger partial charge >= 0.3 is 0 Å². The summed E-state index contributed by atoms with van der Waals surface area (Å²) in [6.45, 7) is 5.97. The van der Waals surface area contributed by atoms with Gasteiger partial charge in [0.15, 0.2) is 5.78 Å². The Morgan fingerprint density at radius 3 is 2.40 bits per heavy atom. The number of thioether (sulfide) groups is 1. The van der Waals surface area contributed by atoms with Crippen LogP contribution in [0.3, 0.4) is 0 Å². The van der Waals surface area contributed by atoms with E-state index in [2.05, 4.69) is 14.7 Å². The number of sulfonamides is 1. The van der Waals surface area contributed by atoms with Gasteiger partial charge in [-0.2, -0.15) is 0 Å². The van der Waals surface area contributed by atoms with Crippen LogP contribution in [-0.4, -0.2) is 36.2 Å². The second-order valence-electron chi connectivity index (χ2n) is 6.02. The van der Waals surface area contributed by atoms with E-state index in [1.165, 1.54) is 11.8 Å². The number of hydrogen-bond acceptors (Lipinski definition) is 6. The molecule has 0 saturated heterocycles.